The van der Waals surface area contributed by atoms with Crippen LogP contribution in [0.2, 0.25) is 0 Å². The Hall–Kier alpha value is -2.40. The largest absolute Gasteiger partial charge is 0.372 e. The Bertz CT molecular complexity index is 895. The molecule has 0 bridgehead atoms. The molecule has 0 aliphatic heterocycles. The van der Waals surface area contributed by atoms with Gasteiger partial charge in [-0.15, -0.1) is 0 Å². The molecule has 1 heterocycles. The minimum Gasteiger partial charge on any atom is -0.372 e. The number of hydrogen-bond acceptors (Lipinski definition) is 4. The van der Waals surface area contributed by atoms with E-state index in [9.17, 15) is 4.79 Å². The topological polar surface area (TPSA) is 45.2 Å². The summed E-state index contributed by atoms with van der Waals surface area (Å²) in [6.07, 6.45) is 0. The molecule has 0 spiro atoms. The number of hydrogen-bond donors (Lipinski definition) is 1. The molecule has 130 valence electrons. The van der Waals surface area contributed by atoms with Gasteiger partial charge in [-0.25, -0.2) is 4.98 Å². The van der Waals surface area contributed by atoms with Gasteiger partial charge in [0.25, 0.3) is 5.91 Å². The SMILES string of the molecule is CCN(CC)c1ccc(C(=O)Nc2nc3cc(C)cc(C)c3s2)cc1. The van der Waals surface area contributed by atoms with E-state index in [1.807, 2.05) is 30.3 Å². The van der Waals surface area contributed by atoms with Crippen molar-refractivity contribution in [2.45, 2.75) is 27.7 Å². The second kappa shape index (κ2) is 7.23. The molecule has 4 nitrogen and oxygen atoms in total. The molecule has 3 aromatic rings. The van der Waals surface area contributed by atoms with E-state index >= 15 is 0 Å². The minimum atomic E-state index is -0.125. The summed E-state index contributed by atoms with van der Waals surface area (Å²) in [5.74, 6) is -0.125. The molecular weight excluding hydrogens is 330 g/mol. The lowest BCUT2D eigenvalue weighted by molar-refractivity contribution is 0.102. The maximum Gasteiger partial charge on any atom is 0.257 e. The maximum absolute atomic E-state index is 12.5. The molecule has 1 N–H and O–H groups in total. The summed E-state index contributed by atoms with van der Waals surface area (Å²) in [5.41, 5.74) is 5.09. The van der Waals surface area contributed by atoms with Crippen LogP contribution in [0.4, 0.5) is 10.8 Å². The Morgan fingerprint density at radius 1 is 1.12 bits per heavy atom. The van der Waals surface area contributed by atoms with Crippen LogP contribution < -0.4 is 10.2 Å². The molecule has 1 aromatic heterocycles. The van der Waals surface area contributed by atoms with Crippen molar-refractivity contribution < 1.29 is 4.79 Å². The minimum absolute atomic E-state index is 0.125. The van der Waals surface area contributed by atoms with Gasteiger partial charge in [-0.3, -0.25) is 10.1 Å². The standard InChI is InChI=1S/C20H23N3OS/c1-5-23(6-2)16-9-7-15(8-10-16)19(24)22-20-21-17-12-13(3)11-14(4)18(17)25-20/h7-12H,5-6H2,1-4H3,(H,21,22,24). The number of nitrogens with one attached hydrogen (secondary N) is 1. The molecule has 0 atom stereocenters. The molecule has 0 saturated heterocycles. The third-order valence-corrected chi connectivity index (χ3v) is 5.42. The van der Waals surface area contributed by atoms with Crippen molar-refractivity contribution in [2.75, 3.05) is 23.3 Å². The molecular formula is C20H23N3OS. The van der Waals surface area contributed by atoms with E-state index in [1.165, 1.54) is 22.5 Å². The molecule has 5 heteroatoms. The number of anilines is 2. The van der Waals surface area contributed by atoms with Gasteiger partial charge in [-0.1, -0.05) is 17.4 Å². The Morgan fingerprint density at radius 3 is 2.44 bits per heavy atom. The van der Waals surface area contributed by atoms with Crippen LogP contribution in [0.25, 0.3) is 10.2 Å². The van der Waals surface area contributed by atoms with Crippen LogP contribution in [0.5, 0.6) is 0 Å². The summed E-state index contributed by atoms with van der Waals surface area (Å²) < 4.78 is 1.12. The second-order valence-corrected chi connectivity index (χ2v) is 7.12. The van der Waals surface area contributed by atoms with E-state index in [4.69, 9.17) is 0 Å². The fourth-order valence-corrected chi connectivity index (χ4v) is 3.92. The number of aryl methyl sites for hydroxylation is 2. The van der Waals surface area contributed by atoms with E-state index in [1.54, 1.807) is 0 Å². The van der Waals surface area contributed by atoms with Gasteiger partial charge in [0.05, 0.1) is 10.2 Å². The molecule has 0 aliphatic rings. The Morgan fingerprint density at radius 2 is 1.80 bits per heavy atom. The summed E-state index contributed by atoms with van der Waals surface area (Å²) in [6, 6.07) is 11.9. The number of rotatable bonds is 5. The molecule has 25 heavy (non-hydrogen) atoms. The summed E-state index contributed by atoms with van der Waals surface area (Å²) in [4.78, 5) is 19.3. The number of carbonyl (C=O) groups excluding carboxylic acids is 1. The van der Waals surface area contributed by atoms with Crippen LogP contribution in [-0.4, -0.2) is 24.0 Å². The smallest absolute Gasteiger partial charge is 0.257 e. The highest BCUT2D eigenvalue weighted by atomic mass is 32.1. The van der Waals surface area contributed by atoms with Crippen LogP contribution in [0.3, 0.4) is 0 Å². The van der Waals surface area contributed by atoms with Crippen LogP contribution in [-0.2, 0) is 0 Å². The lowest BCUT2D eigenvalue weighted by Crippen LogP contribution is -2.21. The highest BCUT2D eigenvalue weighted by molar-refractivity contribution is 7.22. The van der Waals surface area contributed by atoms with Crippen molar-refractivity contribution in [3.63, 3.8) is 0 Å². The van der Waals surface area contributed by atoms with E-state index in [-0.39, 0.29) is 5.91 Å². The highest BCUT2D eigenvalue weighted by Gasteiger charge is 2.12. The van der Waals surface area contributed by atoms with Gasteiger partial charge in [0, 0.05) is 24.3 Å². The third kappa shape index (κ3) is 3.66. The first kappa shape index (κ1) is 17.4. The Kier molecular flexibility index (Phi) is 5.04. The van der Waals surface area contributed by atoms with E-state index < -0.39 is 0 Å². The monoisotopic (exact) mass is 353 g/mol. The molecule has 0 radical (unpaired) electrons. The lowest BCUT2D eigenvalue weighted by Gasteiger charge is -2.20. The fourth-order valence-electron chi connectivity index (χ4n) is 3.01. The average molecular weight is 353 g/mol. The number of aromatic nitrogens is 1. The average Bonchev–Trinajstić information content (AvgIpc) is 2.99. The van der Waals surface area contributed by atoms with Gasteiger partial charge < -0.3 is 4.90 Å². The number of benzene rings is 2. The van der Waals surface area contributed by atoms with Crippen LogP contribution >= 0.6 is 11.3 Å². The first-order valence-corrected chi connectivity index (χ1v) is 9.37. The molecule has 1 amide bonds. The van der Waals surface area contributed by atoms with E-state index in [0.717, 1.165) is 29.0 Å². The highest BCUT2D eigenvalue weighted by Crippen LogP contribution is 2.30. The Labute approximate surface area is 152 Å². The molecule has 0 fully saturated rings. The predicted octanol–water partition coefficient (Wildman–Crippen LogP) is 5.01. The zero-order chi connectivity index (χ0) is 18.0. The van der Waals surface area contributed by atoms with Gasteiger partial charge in [-0.05, 0) is 69.2 Å². The number of amides is 1. The summed E-state index contributed by atoms with van der Waals surface area (Å²) in [6.45, 7) is 10.3. The number of carbonyl (C=O) groups is 1. The van der Waals surface area contributed by atoms with Gasteiger partial charge in [0.2, 0.25) is 0 Å². The van der Waals surface area contributed by atoms with Crippen molar-refractivity contribution >= 4 is 38.3 Å². The van der Waals surface area contributed by atoms with Crippen molar-refractivity contribution in [2.24, 2.45) is 0 Å². The van der Waals surface area contributed by atoms with Gasteiger partial charge in [0.1, 0.15) is 0 Å². The van der Waals surface area contributed by atoms with Crippen molar-refractivity contribution in [3.8, 4) is 0 Å². The quantitative estimate of drug-likeness (QED) is 0.701. The van der Waals surface area contributed by atoms with Crippen molar-refractivity contribution in [1.82, 2.24) is 4.98 Å². The summed E-state index contributed by atoms with van der Waals surface area (Å²) in [7, 11) is 0. The first-order valence-electron chi connectivity index (χ1n) is 8.56. The lowest BCUT2D eigenvalue weighted by atomic mass is 10.1. The molecule has 0 unspecified atom stereocenters. The van der Waals surface area contributed by atoms with Crippen LogP contribution in [0.15, 0.2) is 36.4 Å². The van der Waals surface area contributed by atoms with E-state index in [2.05, 4.69) is 49.0 Å². The van der Waals surface area contributed by atoms with Gasteiger partial charge >= 0.3 is 0 Å². The van der Waals surface area contributed by atoms with Crippen molar-refractivity contribution in [3.05, 3.63) is 53.1 Å². The Balaban J connectivity index is 1.79. The molecule has 0 saturated carbocycles. The summed E-state index contributed by atoms with van der Waals surface area (Å²) >= 11 is 1.52. The second-order valence-electron chi connectivity index (χ2n) is 6.12. The fraction of sp³-hybridized carbons (Fsp3) is 0.300. The van der Waals surface area contributed by atoms with E-state index in [0.29, 0.717) is 10.7 Å². The van der Waals surface area contributed by atoms with Gasteiger partial charge in [0.15, 0.2) is 5.13 Å². The molecule has 3 rings (SSSR count). The van der Waals surface area contributed by atoms with Crippen LogP contribution in [0, 0.1) is 13.8 Å². The number of thiazole rings is 1. The number of fused-ring (bicyclic) bond motifs is 1. The van der Waals surface area contributed by atoms with Gasteiger partial charge in [-0.2, -0.15) is 0 Å². The first-order chi connectivity index (χ1) is 12.0. The third-order valence-electron chi connectivity index (χ3n) is 4.30. The molecule has 2 aromatic carbocycles. The normalized spacial score (nSPS) is 10.9. The van der Waals surface area contributed by atoms with Crippen molar-refractivity contribution in [1.29, 1.82) is 0 Å². The number of nitrogens with zero attached hydrogens (tertiary/aromatic N) is 2. The zero-order valence-corrected chi connectivity index (χ0v) is 15.9. The molecule has 0 aliphatic carbocycles. The maximum atomic E-state index is 12.5. The predicted molar refractivity (Wildman–Crippen MR) is 107 cm³/mol. The summed E-state index contributed by atoms with van der Waals surface area (Å²) in [5, 5.41) is 3.57. The zero-order valence-electron chi connectivity index (χ0n) is 15.1. The van der Waals surface area contributed by atoms with Crippen LogP contribution in [0.1, 0.15) is 35.3 Å².